The van der Waals surface area contributed by atoms with Gasteiger partial charge in [0.1, 0.15) is 11.6 Å². The van der Waals surface area contributed by atoms with E-state index in [9.17, 15) is 8.78 Å². The van der Waals surface area contributed by atoms with E-state index >= 15 is 0 Å². The number of benzene rings is 1. The number of halogens is 2. The number of fused-ring (bicyclic) bond motifs is 2. The Morgan fingerprint density at radius 1 is 1.12 bits per heavy atom. The van der Waals surface area contributed by atoms with Crippen LogP contribution in [-0.2, 0) is 0 Å². The number of rotatable bonds is 2. The molecule has 1 aromatic rings. The summed E-state index contributed by atoms with van der Waals surface area (Å²) in [5.74, 6) is 0.725. The molecule has 1 N–H and O–H groups in total. The van der Waals surface area contributed by atoms with E-state index < -0.39 is 0 Å². The number of anilines is 1. The first kappa shape index (κ1) is 10.1. The molecule has 0 spiro atoms. The van der Waals surface area contributed by atoms with Gasteiger partial charge in [-0.2, -0.15) is 0 Å². The number of hydrogen-bond acceptors (Lipinski definition) is 1. The fourth-order valence-corrected chi connectivity index (χ4v) is 3.23. The molecule has 16 heavy (non-hydrogen) atoms. The van der Waals surface area contributed by atoms with Crippen LogP contribution in [0, 0.1) is 23.5 Å². The van der Waals surface area contributed by atoms with Crippen LogP contribution in [0.15, 0.2) is 18.2 Å². The van der Waals surface area contributed by atoms with Gasteiger partial charge < -0.3 is 5.32 Å². The second-order valence-electron chi connectivity index (χ2n) is 5.05. The Morgan fingerprint density at radius 2 is 2.00 bits per heavy atom. The van der Waals surface area contributed by atoms with Crippen LogP contribution in [0.2, 0.25) is 0 Å². The Hall–Kier alpha value is -1.12. The van der Waals surface area contributed by atoms with Gasteiger partial charge in [-0.1, -0.05) is 6.42 Å². The van der Waals surface area contributed by atoms with Crippen LogP contribution >= 0.6 is 0 Å². The lowest BCUT2D eigenvalue weighted by Crippen LogP contribution is -2.26. The van der Waals surface area contributed by atoms with Crippen LogP contribution in [-0.4, -0.2) is 6.04 Å². The van der Waals surface area contributed by atoms with Crippen molar-refractivity contribution in [3.05, 3.63) is 29.8 Å². The lowest BCUT2D eigenvalue weighted by molar-refractivity contribution is 0.437. The molecule has 1 nitrogen and oxygen atoms in total. The third-order valence-corrected chi connectivity index (χ3v) is 4.01. The molecule has 86 valence electrons. The molecule has 3 atom stereocenters. The molecule has 0 aliphatic heterocycles. The van der Waals surface area contributed by atoms with Crippen LogP contribution in [0.25, 0.3) is 0 Å². The Kier molecular flexibility index (Phi) is 2.34. The van der Waals surface area contributed by atoms with Crippen LogP contribution < -0.4 is 5.32 Å². The summed E-state index contributed by atoms with van der Waals surface area (Å²) in [6, 6.07) is 3.93. The summed E-state index contributed by atoms with van der Waals surface area (Å²) in [6.07, 6.45) is 4.92. The first-order valence-electron chi connectivity index (χ1n) is 5.94. The summed E-state index contributed by atoms with van der Waals surface area (Å²) in [7, 11) is 0. The molecule has 0 saturated heterocycles. The molecule has 1 aromatic carbocycles. The highest BCUT2D eigenvalue weighted by Crippen LogP contribution is 2.45. The normalized spacial score (nSPS) is 32.0. The second-order valence-corrected chi connectivity index (χ2v) is 5.05. The Balaban J connectivity index is 1.76. The minimum Gasteiger partial charge on any atom is -0.380 e. The highest BCUT2D eigenvalue weighted by atomic mass is 19.1. The zero-order valence-electron chi connectivity index (χ0n) is 9.05. The van der Waals surface area contributed by atoms with Crippen molar-refractivity contribution in [1.82, 2.24) is 0 Å². The molecular formula is C13H15F2N. The molecule has 3 heteroatoms. The van der Waals surface area contributed by atoms with Gasteiger partial charge in [-0.3, -0.25) is 0 Å². The van der Waals surface area contributed by atoms with Crippen LogP contribution in [0.4, 0.5) is 14.5 Å². The molecular weight excluding hydrogens is 208 g/mol. The van der Waals surface area contributed by atoms with E-state index in [2.05, 4.69) is 5.32 Å². The van der Waals surface area contributed by atoms with Gasteiger partial charge in [0.2, 0.25) is 0 Å². The van der Waals surface area contributed by atoms with E-state index in [0.717, 1.165) is 18.4 Å². The Bertz CT molecular complexity index is 405. The van der Waals surface area contributed by atoms with Gasteiger partial charge in [0, 0.05) is 6.04 Å². The summed E-state index contributed by atoms with van der Waals surface area (Å²) in [6.45, 7) is 0. The van der Waals surface area contributed by atoms with Crippen molar-refractivity contribution in [3.8, 4) is 0 Å². The molecule has 2 aliphatic carbocycles. The average molecular weight is 223 g/mol. The highest BCUT2D eigenvalue weighted by molar-refractivity contribution is 5.46. The van der Waals surface area contributed by atoms with Crippen molar-refractivity contribution < 1.29 is 8.78 Å². The molecule has 2 aliphatic rings. The summed E-state index contributed by atoms with van der Waals surface area (Å²) < 4.78 is 26.4. The van der Waals surface area contributed by atoms with Crippen molar-refractivity contribution in [2.24, 2.45) is 11.8 Å². The zero-order chi connectivity index (χ0) is 11.1. The van der Waals surface area contributed by atoms with Gasteiger partial charge in [-0.25, -0.2) is 8.78 Å². The predicted molar refractivity (Wildman–Crippen MR) is 59.2 cm³/mol. The van der Waals surface area contributed by atoms with Crippen LogP contribution in [0.1, 0.15) is 25.7 Å². The molecule has 3 rings (SSSR count). The number of hydrogen-bond donors (Lipinski definition) is 1. The van der Waals surface area contributed by atoms with Crippen LogP contribution in [0.5, 0.6) is 0 Å². The lowest BCUT2D eigenvalue weighted by atomic mass is 9.95. The van der Waals surface area contributed by atoms with E-state index in [0.29, 0.717) is 17.6 Å². The highest BCUT2D eigenvalue weighted by Gasteiger charge is 2.39. The van der Waals surface area contributed by atoms with Gasteiger partial charge in [0.05, 0.1) is 5.69 Å². The molecule has 0 radical (unpaired) electrons. The summed E-state index contributed by atoms with van der Waals surface area (Å²) in [4.78, 5) is 0. The molecule has 0 heterocycles. The van der Waals surface area contributed by atoms with E-state index in [-0.39, 0.29) is 11.6 Å². The lowest BCUT2D eigenvalue weighted by Gasteiger charge is -2.24. The number of nitrogens with one attached hydrogen (secondary N) is 1. The zero-order valence-corrected chi connectivity index (χ0v) is 9.05. The summed E-state index contributed by atoms with van der Waals surface area (Å²) in [5.41, 5.74) is 0.317. The van der Waals surface area contributed by atoms with E-state index in [4.69, 9.17) is 0 Å². The minimum atomic E-state index is -0.382. The molecule has 2 fully saturated rings. The smallest absolute Gasteiger partial charge is 0.146 e. The first-order valence-corrected chi connectivity index (χ1v) is 5.94. The minimum absolute atomic E-state index is 0.317. The van der Waals surface area contributed by atoms with Gasteiger partial charge in [-0.05, 0) is 49.3 Å². The maximum Gasteiger partial charge on any atom is 0.146 e. The summed E-state index contributed by atoms with van der Waals surface area (Å²) >= 11 is 0. The van der Waals surface area contributed by atoms with Gasteiger partial charge in [0.25, 0.3) is 0 Å². The van der Waals surface area contributed by atoms with Crippen molar-refractivity contribution in [1.29, 1.82) is 0 Å². The van der Waals surface area contributed by atoms with Gasteiger partial charge >= 0.3 is 0 Å². The van der Waals surface area contributed by atoms with E-state index in [1.54, 1.807) is 0 Å². The molecule has 2 bridgehead atoms. The van der Waals surface area contributed by atoms with Crippen molar-refractivity contribution >= 4 is 5.69 Å². The Labute approximate surface area is 93.9 Å². The standard InChI is InChI=1S/C13H15F2N/c14-10-3-4-11(15)13(7-10)16-12-6-8-1-2-9(12)5-8/h3-4,7-9,12,16H,1-2,5-6H2. The Morgan fingerprint density at radius 3 is 2.69 bits per heavy atom. The van der Waals surface area contributed by atoms with Gasteiger partial charge in [0.15, 0.2) is 0 Å². The topological polar surface area (TPSA) is 12.0 Å². The molecule has 3 unspecified atom stereocenters. The summed E-state index contributed by atoms with van der Waals surface area (Å²) in [5, 5.41) is 3.17. The van der Waals surface area contributed by atoms with Crippen molar-refractivity contribution in [3.63, 3.8) is 0 Å². The monoisotopic (exact) mass is 223 g/mol. The van der Waals surface area contributed by atoms with E-state index in [1.165, 1.54) is 31.4 Å². The van der Waals surface area contributed by atoms with E-state index in [1.807, 2.05) is 0 Å². The molecule has 0 amide bonds. The fourth-order valence-electron chi connectivity index (χ4n) is 3.23. The molecule has 2 saturated carbocycles. The van der Waals surface area contributed by atoms with Crippen molar-refractivity contribution in [2.75, 3.05) is 5.32 Å². The molecule has 0 aromatic heterocycles. The largest absolute Gasteiger partial charge is 0.380 e. The van der Waals surface area contributed by atoms with Crippen molar-refractivity contribution in [2.45, 2.75) is 31.7 Å². The third-order valence-electron chi connectivity index (χ3n) is 4.01. The van der Waals surface area contributed by atoms with Crippen LogP contribution in [0.3, 0.4) is 0 Å². The first-order chi connectivity index (χ1) is 7.72. The average Bonchev–Trinajstić information content (AvgIpc) is 2.85. The third kappa shape index (κ3) is 1.68. The maximum absolute atomic E-state index is 13.4. The quantitative estimate of drug-likeness (QED) is 0.808. The second kappa shape index (κ2) is 3.72. The maximum atomic E-state index is 13.4. The predicted octanol–water partition coefficient (Wildman–Crippen LogP) is 3.57. The van der Waals surface area contributed by atoms with Gasteiger partial charge in [-0.15, -0.1) is 0 Å². The fraction of sp³-hybridized carbons (Fsp3) is 0.538. The SMILES string of the molecule is Fc1ccc(F)c(NC2CC3CCC2C3)c1.